The van der Waals surface area contributed by atoms with Crippen LogP contribution in [0.15, 0.2) is 30.5 Å². The predicted octanol–water partition coefficient (Wildman–Crippen LogP) is 2.26. The van der Waals surface area contributed by atoms with Crippen molar-refractivity contribution in [3.05, 3.63) is 36.0 Å². The number of rotatable bonds is 3. The first-order valence-corrected chi connectivity index (χ1v) is 7.75. The summed E-state index contributed by atoms with van der Waals surface area (Å²) in [7, 11) is 2.12. The van der Waals surface area contributed by atoms with Crippen LogP contribution >= 0.6 is 0 Å². The summed E-state index contributed by atoms with van der Waals surface area (Å²) in [4.78, 5) is 20.0. The van der Waals surface area contributed by atoms with E-state index in [1.165, 1.54) is 10.9 Å². The molecule has 1 fully saturated rings. The van der Waals surface area contributed by atoms with Crippen LogP contribution in [0.2, 0.25) is 0 Å². The van der Waals surface area contributed by atoms with Gasteiger partial charge in [-0.25, -0.2) is 0 Å². The number of nitrogens with one attached hydrogen (secondary N) is 1. The van der Waals surface area contributed by atoms with Crippen molar-refractivity contribution in [3.63, 3.8) is 0 Å². The van der Waals surface area contributed by atoms with E-state index >= 15 is 0 Å². The first kappa shape index (κ1) is 14.1. The maximum atomic E-state index is 12.4. The standard InChI is InChI=1S/C17H23N3O/c1-19-9-4-10-20(12-11-19)17(21)8-7-14-13-18-16-6-3-2-5-15(14)16/h2-3,5-6,13,18H,4,7-12H2,1H3. The zero-order valence-corrected chi connectivity index (χ0v) is 12.6. The Balaban J connectivity index is 1.60. The second kappa shape index (κ2) is 6.31. The molecule has 0 aliphatic carbocycles. The number of para-hydroxylation sites is 1. The van der Waals surface area contributed by atoms with Crippen molar-refractivity contribution in [1.82, 2.24) is 14.8 Å². The van der Waals surface area contributed by atoms with Gasteiger partial charge in [0.05, 0.1) is 0 Å². The number of fused-ring (bicyclic) bond motifs is 1. The minimum atomic E-state index is 0.288. The maximum absolute atomic E-state index is 12.4. The van der Waals surface area contributed by atoms with Gasteiger partial charge in [-0.2, -0.15) is 0 Å². The lowest BCUT2D eigenvalue weighted by Gasteiger charge is -2.20. The fourth-order valence-electron chi connectivity index (χ4n) is 3.03. The monoisotopic (exact) mass is 285 g/mol. The third kappa shape index (κ3) is 3.27. The molecule has 21 heavy (non-hydrogen) atoms. The van der Waals surface area contributed by atoms with Crippen LogP contribution in [0.1, 0.15) is 18.4 Å². The average molecular weight is 285 g/mol. The summed E-state index contributed by atoms with van der Waals surface area (Å²) in [6, 6.07) is 8.27. The molecular formula is C17H23N3O. The van der Waals surface area contributed by atoms with E-state index in [4.69, 9.17) is 0 Å². The van der Waals surface area contributed by atoms with E-state index in [1.807, 2.05) is 23.2 Å². The summed E-state index contributed by atoms with van der Waals surface area (Å²) in [5.41, 5.74) is 2.39. The number of aromatic amines is 1. The molecule has 0 spiro atoms. The summed E-state index contributed by atoms with van der Waals surface area (Å²) in [6.07, 6.45) is 4.53. The highest BCUT2D eigenvalue weighted by atomic mass is 16.2. The summed E-state index contributed by atoms with van der Waals surface area (Å²) < 4.78 is 0. The highest BCUT2D eigenvalue weighted by molar-refractivity contribution is 5.84. The molecule has 1 N–H and O–H groups in total. The summed E-state index contributed by atoms with van der Waals surface area (Å²) >= 11 is 0. The Morgan fingerprint density at radius 2 is 2.05 bits per heavy atom. The fourth-order valence-corrected chi connectivity index (χ4v) is 3.03. The van der Waals surface area contributed by atoms with Crippen LogP contribution in [0.5, 0.6) is 0 Å². The van der Waals surface area contributed by atoms with Crippen molar-refractivity contribution in [3.8, 4) is 0 Å². The van der Waals surface area contributed by atoms with Gasteiger partial charge < -0.3 is 14.8 Å². The molecule has 4 heteroatoms. The molecule has 2 aromatic rings. The lowest BCUT2D eigenvalue weighted by atomic mass is 10.1. The van der Waals surface area contributed by atoms with E-state index in [-0.39, 0.29) is 5.91 Å². The average Bonchev–Trinajstić information content (AvgIpc) is 2.78. The van der Waals surface area contributed by atoms with E-state index in [2.05, 4.69) is 29.1 Å². The summed E-state index contributed by atoms with van der Waals surface area (Å²) in [5, 5.41) is 1.24. The molecule has 0 bridgehead atoms. The van der Waals surface area contributed by atoms with Crippen molar-refractivity contribution in [2.24, 2.45) is 0 Å². The smallest absolute Gasteiger partial charge is 0.222 e. The van der Waals surface area contributed by atoms with E-state index in [0.717, 1.165) is 44.5 Å². The minimum absolute atomic E-state index is 0.288. The van der Waals surface area contributed by atoms with Crippen LogP contribution in [0.3, 0.4) is 0 Å². The predicted molar refractivity (Wildman–Crippen MR) is 85.3 cm³/mol. The number of aromatic nitrogens is 1. The van der Waals surface area contributed by atoms with Gasteiger partial charge in [0.1, 0.15) is 0 Å². The number of hydrogen-bond acceptors (Lipinski definition) is 2. The van der Waals surface area contributed by atoms with Crippen LogP contribution in [0.4, 0.5) is 0 Å². The van der Waals surface area contributed by atoms with Crippen LogP contribution in [-0.4, -0.2) is 53.9 Å². The molecule has 1 amide bonds. The molecule has 0 saturated carbocycles. The highest BCUT2D eigenvalue weighted by Gasteiger charge is 2.17. The molecule has 112 valence electrons. The Morgan fingerprint density at radius 1 is 1.19 bits per heavy atom. The van der Waals surface area contributed by atoms with Gasteiger partial charge in [-0.15, -0.1) is 0 Å². The highest BCUT2D eigenvalue weighted by Crippen LogP contribution is 2.19. The van der Waals surface area contributed by atoms with Crippen LogP contribution in [0.25, 0.3) is 10.9 Å². The third-order valence-electron chi connectivity index (χ3n) is 4.36. The zero-order valence-electron chi connectivity index (χ0n) is 12.6. The number of hydrogen-bond donors (Lipinski definition) is 1. The molecule has 2 heterocycles. The third-order valence-corrected chi connectivity index (χ3v) is 4.36. The first-order valence-electron chi connectivity index (χ1n) is 7.75. The molecular weight excluding hydrogens is 262 g/mol. The Morgan fingerprint density at radius 3 is 2.95 bits per heavy atom. The summed E-state index contributed by atoms with van der Waals surface area (Å²) in [5.74, 6) is 0.288. The number of benzene rings is 1. The van der Waals surface area contributed by atoms with E-state index in [1.54, 1.807) is 0 Å². The number of aryl methyl sites for hydroxylation is 1. The lowest BCUT2D eigenvalue weighted by Crippen LogP contribution is -2.34. The Hall–Kier alpha value is -1.81. The molecule has 1 aromatic carbocycles. The van der Waals surface area contributed by atoms with Gasteiger partial charge >= 0.3 is 0 Å². The zero-order chi connectivity index (χ0) is 14.7. The van der Waals surface area contributed by atoms with E-state index < -0.39 is 0 Å². The van der Waals surface area contributed by atoms with Gasteiger partial charge in [0.2, 0.25) is 5.91 Å². The van der Waals surface area contributed by atoms with Gasteiger partial charge in [0, 0.05) is 43.2 Å². The molecule has 0 atom stereocenters. The number of amides is 1. The van der Waals surface area contributed by atoms with E-state index in [9.17, 15) is 4.79 Å². The molecule has 0 radical (unpaired) electrons. The SMILES string of the molecule is CN1CCCN(C(=O)CCc2c[nH]c3ccccc23)CC1. The van der Waals surface area contributed by atoms with Crippen molar-refractivity contribution < 1.29 is 4.79 Å². The molecule has 1 aromatic heterocycles. The quantitative estimate of drug-likeness (QED) is 0.939. The second-order valence-electron chi connectivity index (χ2n) is 5.90. The van der Waals surface area contributed by atoms with Crippen molar-refractivity contribution in [2.45, 2.75) is 19.3 Å². The van der Waals surface area contributed by atoms with Gasteiger partial charge in [0.25, 0.3) is 0 Å². The Bertz CT molecular complexity index is 619. The van der Waals surface area contributed by atoms with Crippen molar-refractivity contribution in [2.75, 3.05) is 33.2 Å². The van der Waals surface area contributed by atoms with Crippen molar-refractivity contribution in [1.29, 1.82) is 0 Å². The van der Waals surface area contributed by atoms with Gasteiger partial charge in [-0.3, -0.25) is 4.79 Å². The number of carbonyl (C=O) groups is 1. The van der Waals surface area contributed by atoms with Crippen LogP contribution < -0.4 is 0 Å². The molecule has 1 saturated heterocycles. The van der Waals surface area contributed by atoms with Gasteiger partial charge in [-0.1, -0.05) is 18.2 Å². The maximum Gasteiger partial charge on any atom is 0.222 e. The number of carbonyl (C=O) groups excluding carboxylic acids is 1. The number of H-pyrrole nitrogens is 1. The number of nitrogens with zero attached hydrogens (tertiary/aromatic N) is 2. The van der Waals surface area contributed by atoms with Crippen LogP contribution in [0, 0.1) is 0 Å². The summed E-state index contributed by atoms with van der Waals surface area (Å²) in [6.45, 7) is 3.84. The molecule has 3 rings (SSSR count). The molecule has 1 aliphatic rings. The largest absolute Gasteiger partial charge is 0.361 e. The number of likely N-dealkylation sites (N-methyl/N-ethyl adjacent to an activating group) is 1. The fraction of sp³-hybridized carbons (Fsp3) is 0.471. The molecule has 0 unspecified atom stereocenters. The normalized spacial score (nSPS) is 17.1. The second-order valence-corrected chi connectivity index (χ2v) is 5.90. The van der Waals surface area contributed by atoms with E-state index in [0.29, 0.717) is 6.42 Å². The Kier molecular flexibility index (Phi) is 4.25. The van der Waals surface area contributed by atoms with Crippen LogP contribution in [-0.2, 0) is 11.2 Å². The topological polar surface area (TPSA) is 39.3 Å². The Labute approximate surface area is 125 Å². The minimum Gasteiger partial charge on any atom is -0.361 e. The van der Waals surface area contributed by atoms with Gasteiger partial charge in [0.15, 0.2) is 0 Å². The van der Waals surface area contributed by atoms with Gasteiger partial charge in [-0.05, 0) is 38.1 Å². The lowest BCUT2D eigenvalue weighted by molar-refractivity contribution is -0.131. The first-order chi connectivity index (χ1) is 10.2. The molecule has 1 aliphatic heterocycles. The van der Waals surface area contributed by atoms with Crippen molar-refractivity contribution >= 4 is 16.8 Å². The molecule has 4 nitrogen and oxygen atoms in total.